The summed E-state index contributed by atoms with van der Waals surface area (Å²) >= 11 is -2.47. The summed E-state index contributed by atoms with van der Waals surface area (Å²) in [5.74, 6) is 2.42. The molecule has 0 saturated carbocycles. The number of esters is 2. The van der Waals surface area contributed by atoms with Gasteiger partial charge in [-0.1, -0.05) is 0 Å². The van der Waals surface area contributed by atoms with Gasteiger partial charge in [0.05, 0.1) is 0 Å². The van der Waals surface area contributed by atoms with Gasteiger partial charge in [-0.15, -0.1) is 0 Å². The average Bonchev–Trinajstić information content (AvgIpc) is 2.82. The molecule has 0 atom stereocenters. The van der Waals surface area contributed by atoms with Gasteiger partial charge in [0.15, 0.2) is 0 Å². The summed E-state index contributed by atoms with van der Waals surface area (Å²) in [6.45, 7) is 18.6. The van der Waals surface area contributed by atoms with Crippen molar-refractivity contribution in [1.29, 1.82) is 0 Å². The van der Waals surface area contributed by atoms with Crippen molar-refractivity contribution < 1.29 is 19.1 Å². The number of ether oxygens (including phenoxy) is 2. The van der Waals surface area contributed by atoms with E-state index in [2.05, 4.69) is 43.8 Å². The fourth-order valence-corrected chi connectivity index (χ4v) is 17.8. The minimum absolute atomic E-state index is 0.167. The number of carbonyl (C=O) groups excluding carboxylic acids is 2. The second-order valence-electron chi connectivity index (χ2n) is 9.34. The molecule has 0 aromatic heterocycles. The second-order valence-corrected chi connectivity index (χ2v) is 21.6. The Morgan fingerprint density at radius 2 is 1.35 bits per heavy atom. The van der Waals surface area contributed by atoms with Crippen LogP contribution in [0.5, 0.6) is 0 Å². The molecule has 0 heterocycles. The number of allylic oxidation sites excluding steroid dienone is 2. The monoisotopic (exact) mass is 582 g/mol. The topological polar surface area (TPSA) is 52.6 Å². The van der Waals surface area contributed by atoms with Crippen molar-refractivity contribution in [2.45, 2.75) is 112 Å². The van der Waals surface area contributed by atoms with Crippen molar-refractivity contribution in [3.63, 3.8) is 0 Å². The van der Waals surface area contributed by atoms with Crippen molar-refractivity contribution in [2.24, 2.45) is 5.41 Å². The molecule has 34 heavy (non-hydrogen) atoms. The predicted octanol–water partition coefficient (Wildman–Crippen LogP) is 7.79. The van der Waals surface area contributed by atoms with Crippen LogP contribution in [-0.2, 0) is 19.1 Å². The summed E-state index contributed by atoms with van der Waals surface area (Å²) in [5, 5.41) is 0. The van der Waals surface area contributed by atoms with Gasteiger partial charge in [-0.25, -0.2) is 0 Å². The van der Waals surface area contributed by atoms with Crippen LogP contribution in [0.2, 0.25) is 13.3 Å². The minimum atomic E-state index is -2.47. The van der Waals surface area contributed by atoms with E-state index in [1.165, 1.54) is 51.8 Å². The van der Waals surface area contributed by atoms with Crippen LogP contribution < -0.4 is 0 Å². The molecule has 0 aliphatic heterocycles. The third-order valence-electron chi connectivity index (χ3n) is 6.36. The average molecular weight is 581 g/mol. The van der Waals surface area contributed by atoms with E-state index in [-0.39, 0.29) is 26.1 Å². The molecular weight excluding hydrogens is 531 g/mol. The molecule has 4 nitrogen and oxygen atoms in total. The zero-order valence-corrected chi connectivity index (χ0v) is 25.6. The van der Waals surface area contributed by atoms with Crippen LogP contribution in [0.15, 0.2) is 24.8 Å². The third-order valence-corrected chi connectivity index (χ3v) is 19.6. The Morgan fingerprint density at radius 1 is 0.882 bits per heavy atom. The molecule has 0 bridgehead atoms. The standard InChI is InChI=1S/C17H23O4.3C4H9.Sn/c1-6-10-11-14(5)13-17(12-7-2,15(18)20-8-3)16(19)21-9-4;3*1-3-4-2;/h7H,2,5,8-13H2,3-4H3;3*1,3-4H2,2H3;. The summed E-state index contributed by atoms with van der Waals surface area (Å²) in [7, 11) is 0. The summed E-state index contributed by atoms with van der Waals surface area (Å²) in [6, 6.07) is 0. The van der Waals surface area contributed by atoms with Gasteiger partial charge in [-0.2, -0.15) is 0 Å². The van der Waals surface area contributed by atoms with E-state index in [9.17, 15) is 9.59 Å². The van der Waals surface area contributed by atoms with Gasteiger partial charge in [0.25, 0.3) is 0 Å². The Morgan fingerprint density at radius 3 is 1.74 bits per heavy atom. The number of hydrogen-bond acceptors (Lipinski definition) is 4. The first-order valence-electron chi connectivity index (χ1n) is 13.4. The Kier molecular flexibility index (Phi) is 18.3. The molecule has 0 fully saturated rings. The molecule has 0 aromatic rings. The quantitative estimate of drug-likeness (QED) is 0.0514. The summed E-state index contributed by atoms with van der Waals surface area (Å²) in [6.07, 6.45) is 11.0. The molecule has 0 spiro atoms. The van der Waals surface area contributed by atoms with Crippen LogP contribution in [0, 0.1) is 15.3 Å². The van der Waals surface area contributed by atoms with Crippen molar-refractivity contribution in [3.8, 4) is 9.86 Å². The number of rotatable bonds is 19. The van der Waals surface area contributed by atoms with Crippen molar-refractivity contribution in [1.82, 2.24) is 0 Å². The fraction of sp³-hybridized carbons (Fsp3) is 0.724. The van der Waals surface area contributed by atoms with Gasteiger partial charge in [0.1, 0.15) is 0 Å². The van der Waals surface area contributed by atoms with E-state index in [0.29, 0.717) is 6.42 Å². The maximum absolute atomic E-state index is 12.8. The number of unbranched alkanes of at least 4 members (excludes halogenated alkanes) is 3. The first kappa shape index (κ1) is 32.8. The molecule has 0 amide bonds. The van der Waals surface area contributed by atoms with Crippen molar-refractivity contribution >= 4 is 30.3 Å². The van der Waals surface area contributed by atoms with Crippen LogP contribution in [0.25, 0.3) is 0 Å². The Balaban J connectivity index is 5.54. The molecule has 0 aliphatic rings. The molecule has 0 aliphatic carbocycles. The van der Waals surface area contributed by atoms with E-state index in [0.717, 1.165) is 12.0 Å². The summed E-state index contributed by atoms with van der Waals surface area (Å²) in [5.41, 5.74) is -0.585. The maximum atomic E-state index is 12.8. The zero-order valence-electron chi connectivity index (χ0n) is 22.7. The first-order valence-corrected chi connectivity index (χ1v) is 20.9. The van der Waals surface area contributed by atoms with E-state index in [4.69, 9.17) is 9.47 Å². The Hall–Kier alpha value is -1.22. The normalized spacial score (nSPS) is 11.3. The fourth-order valence-electron chi connectivity index (χ4n) is 4.36. The van der Waals surface area contributed by atoms with Gasteiger partial charge in [0.2, 0.25) is 0 Å². The van der Waals surface area contributed by atoms with Crippen LogP contribution >= 0.6 is 0 Å². The Labute approximate surface area is 214 Å². The van der Waals surface area contributed by atoms with Crippen molar-refractivity contribution in [3.05, 3.63) is 24.8 Å². The Bertz CT molecular complexity index is 646. The molecule has 0 unspecified atom stereocenters. The van der Waals surface area contributed by atoms with Gasteiger partial charge in [-0.05, 0) is 0 Å². The second kappa shape index (κ2) is 19.0. The van der Waals surface area contributed by atoms with Gasteiger partial charge >= 0.3 is 215 Å². The first-order chi connectivity index (χ1) is 16.3. The van der Waals surface area contributed by atoms with Gasteiger partial charge in [0, 0.05) is 0 Å². The van der Waals surface area contributed by atoms with Gasteiger partial charge in [-0.3, -0.25) is 0 Å². The van der Waals surface area contributed by atoms with Crippen molar-refractivity contribution in [2.75, 3.05) is 13.2 Å². The van der Waals surface area contributed by atoms with E-state index >= 15 is 0 Å². The molecule has 0 N–H and O–H groups in total. The van der Waals surface area contributed by atoms with E-state index in [1.54, 1.807) is 19.9 Å². The molecule has 0 aromatic carbocycles. The molecule has 0 saturated heterocycles. The molecule has 194 valence electrons. The molecule has 0 rings (SSSR count). The molecule has 5 heteroatoms. The van der Waals surface area contributed by atoms with E-state index in [1.807, 2.05) is 0 Å². The van der Waals surface area contributed by atoms with Crippen LogP contribution in [0.1, 0.15) is 98.8 Å². The third kappa shape index (κ3) is 11.5. The predicted molar refractivity (Wildman–Crippen MR) is 146 cm³/mol. The number of carbonyl (C=O) groups is 2. The zero-order chi connectivity index (χ0) is 25.9. The summed E-state index contributed by atoms with van der Waals surface area (Å²) in [4.78, 5) is 25.7. The molecular formula is C29H50O4Sn. The number of hydrogen-bond donors (Lipinski definition) is 0. The van der Waals surface area contributed by atoms with Crippen LogP contribution in [-0.4, -0.2) is 43.5 Å². The summed E-state index contributed by atoms with van der Waals surface area (Å²) < 4.78 is 18.5. The molecule has 0 radical (unpaired) electrons. The van der Waals surface area contributed by atoms with Crippen LogP contribution in [0.3, 0.4) is 0 Å². The SMILES string of the molecule is C=CCC(CC(=C)CCC#[C][Sn]([CH2]CCC)([CH2]CCC)[CH2]CCC)(C(=O)OCC)C(=O)OCC. The van der Waals surface area contributed by atoms with Gasteiger partial charge < -0.3 is 0 Å². The van der Waals surface area contributed by atoms with Crippen LogP contribution in [0.4, 0.5) is 0 Å². The van der Waals surface area contributed by atoms with E-state index < -0.39 is 35.7 Å².